The Labute approximate surface area is 109 Å². The summed E-state index contributed by atoms with van der Waals surface area (Å²) in [5.41, 5.74) is -0.765. The Kier molecular flexibility index (Phi) is 2.89. The molecule has 2 saturated carbocycles. The molecule has 2 aliphatic rings. The van der Waals surface area contributed by atoms with Crippen molar-refractivity contribution in [1.82, 2.24) is 0 Å². The normalized spacial score (nSPS) is 44.9. The summed E-state index contributed by atoms with van der Waals surface area (Å²) in [6, 6.07) is 0. The lowest BCUT2D eigenvalue weighted by molar-refractivity contribution is -0.180. The summed E-state index contributed by atoms with van der Waals surface area (Å²) < 4.78 is 5.71. The number of aliphatic hydroxyl groups is 1. The van der Waals surface area contributed by atoms with E-state index in [1.807, 2.05) is 0 Å². The Morgan fingerprint density at radius 2 is 2.11 bits per heavy atom. The Hall–Kier alpha value is -0.830. The lowest BCUT2D eigenvalue weighted by atomic mass is 9.63. The molecule has 2 aliphatic carbocycles. The van der Waals surface area contributed by atoms with Crippen molar-refractivity contribution in [3.05, 3.63) is 12.7 Å². The zero-order valence-corrected chi connectivity index (χ0v) is 11.8. The molecule has 102 valence electrons. The SMILES string of the molecule is C=CC(=O)OC1(CC)C[C@@]2(C)C[C@H]1C(C)(C)[C@H]2O. The predicted molar refractivity (Wildman–Crippen MR) is 69.9 cm³/mol. The molecule has 18 heavy (non-hydrogen) atoms. The largest absolute Gasteiger partial charge is 0.456 e. The van der Waals surface area contributed by atoms with Gasteiger partial charge in [0.15, 0.2) is 0 Å². The number of carbonyl (C=O) groups excluding carboxylic acids is 1. The third kappa shape index (κ3) is 1.56. The van der Waals surface area contributed by atoms with Gasteiger partial charge in [0.05, 0.1) is 6.10 Å². The standard InChI is InChI=1S/C15H24O3/c1-6-11(16)18-15(7-2)9-14(5)8-10(15)13(3,4)12(14)17/h6,10,12,17H,1,7-9H2,2-5H3/t10-,12+,14+,15?/m0/s1. The van der Waals surface area contributed by atoms with Crippen molar-refractivity contribution in [3.8, 4) is 0 Å². The molecule has 2 fully saturated rings. The minimum absolute atomic E-state index is 0.133. The van der Waals surface area contributed by atoms with Gasteiger partial charge in [0.2, 0.25) is 0 Å². The van der Waals surface area contributed by atoms with E-state index in [0.29, 0.717) is 0 Å². The van der Waals surface area contributed by atoms with Crippen molar-refractivity contribution in [1.29, 1.82) is 0 Å². The zero-order chi connectivity index (χ0) is 13.8. The summed E-state index contributed by atoms with van der Waals surface area (Å²) >= 11 is 0. The van der Waals surface area contributed by atoms with Gasteiger partial charge >= 0.3 is 5.97 Å². The van der Waals surface area contributed by atoms with Gasteiger partial charge in [-0.2, -0.15) is 0 Å². The summed E-state index contributed by atoms with van der Waals surface area (Å²) in [5, 5.41) is 10.5. The highest BCUT2D eigenvalue weighted by atomic mass is 16.6. The lowest BCUT2D eigenvalue weighted by Gasteiger charge is -2.49. The predicted octanol–water partition coefficient (Wildman–Crippen LogP) is 2.68. The molecule has 0 aliphatic heterocycles. The summed E-state index contributed by atoms with van der Waals surface area (Å²) in [6.45, 7) is 11.8. The van der Waals surface area contributed by atoms with E-state index in [4.69, 9.17) is 4.74 Å². The number of ether oxygens (including phenoxy) is 1. The summed E-state index contributed by atoms with van der Waals surface area (Å²) in [5.74, 6) is -0.128. The maximum Gasteiger partial charge on any atom is 0.330 e. The van der Waals surface area contributed by atoms with Gasteiger partial charge in [0, 0.05) is 12.0 Å². The van der Waals surface area contributed by atoms with Gasteiger partial charge in [-0.15, -0.1) is 0 Å². The van der Waals surface area contributed by atoms with Gasteiger partial charge in [-0.1, -0.05) is 34.3 Å². The van der Waals surface area contributed by atoms with E-state index in [1.165, 1.54) is 6.08 Å². The number of hydrogen-bond donors (Lipinski definition) is 1. The van der Waals surface area contributed by atoms with Crippen molar-refractivity contribution < 1.29 is 14.6 Å². The molecule has 2 rings (SSSR count). The topological polar surface area (TPSA) is 46.5 Å². The molecular weight excluding hydrogens is 228 g/mol. The quantitative estimate of drug-likeness (QED) is 0.620. The molecule has 0 heterocycles. The van der Waals surface area contributed by atoms with Crippen molar-refractivity contribution in [2.45, 2.75) is 58.7 Å². The number of carbonyl (C=O) groups is 1. The first kappa shape index (κ1) is 13.6. The van der Waals surface area contributed by atoms with Gasteiger partial charge < -0.3 is 9.84 Å². The van der Waals surface area contributed by atoms with Gasteiger partial charge in [0.1, 0.15) is 5.60 Å². The van der Waals surface area contributed by atoms with Crippen LogP contribution in [-0.2, 0) is 9.53 Å². The van der Waals surface area contributed by atoms with Crippen LogP contribution in [0.4, 0.5) is 0 Å². The molecule has 0 aromatic rings. The average molecular weight is 252 g/mol. The minimum atomic E-state index is -0.428. The fourth-order valence-corrected chi connectivity index (χ4v) is 4.56. The smallest absolute Gasteiger partial charge is 0.330 e. The molecule has 0 radical (unpaired) electrons. The molecule has 1 unspecified atom stereocenters. The van der Waals surface area contributed by atoms with Crippen molar-refractivity contribution in [2.24, 2.45) is 16.7 Å². The third-order valence-electron chi connectivity index (χ3n) is 5.34. The molecule has 0 aromatic heterocycles. The van der Waals surface area contributed by atoms with Crippen LogP contribution >= 0.6 is 0 Å². The zero-order valence-electron chi connectivity index (χ0n) is 11.8. The Morgan fingerprint density at radius 3 is 2.50 bits per heavy atom. The summed E-state index contributed by atoms with van der Waals surface area (Å²) in [6.07, 6.45) is 3.39. The first-order valence-corrected chi connectivity index (χ1v) is 6.75. The third-order valence-corrected chi connectivity index (χ3v) is 5.34. The molecule has 0 amide bonds. The Morgan fingerprint density at radius 1 is 1.50 bits per heavy atom. The van der Waals surface area contributed by atoms with Gasteiger partial charge in [-0.05, 0) is 30.1 Å². The van der Waals surface area contributed by atoms with E-state index < -0.39 is 5.60 Å². The van der Waals surface area contributed by atoms with Crippen molar-refractivity contribution >= 4 is 5.97 Å². The number of esters is 1. The number of rotatable bonds is 3. The second-order valence-electron chi connectivity index (χ2n) is 6.85. The maximum atomic E-state index is 11.6. The van der Waals surface area contributed by atoms with Gasteiger partial charge in [-0.25, -0.2) is 4.79 Å². The molecule has 3 heteroatoms. The molecule has 2 bridgehead atoms. The molecule has 0 aromatic carbocycles. The van der Waals surface area contributed by atoms with Crippen LogP contribution in [0.25, 0.3) is 0 Å². The van der Waals surface area contributed by atoms with E-state index >= 15 is 0 Å². The number of hydrogen-bond acceptors (Lipinski definition) is 3. The van der Waals surface area contributed by atoms with Crippen LogP contribution in [0.5, 0.6) is 0 Å². The molecular formula is C15H24O3. The fourth-order valence-electron chi connectivity index (χ4n) is 4.56. The molecule has 1 N–H and O–H groups in total. The highest BCUT2D eigenvalue weighted by Crippen LogP contribution is 2.67. The van der Waals surface area contributed by atoms with Crippen molar-refractivity contribution in [3.63, 3.8) is 0 Å². The second kappa shape index (κ2) is 3.83. The maximum absolute atomic E-state index is 11.6. The number of aliphatic hydroxyl groups excluding tert-OH is 1. The highest BCUT2D eigenvalue weighted by molar-refractivity contribution is 5.81. The summed E-state index contributed by atoms with van der Waals surface area (Å²) in [4.78, 5) is 11.6. The van der Waals surface area contributed by atoms with Crippen LogP contribution in [0.2, 0.25) is 0 Å². The van der Waals surface area contributed by atoms with E-state index in [-0.39, 0.29) is 28.8 Å². The molecule has 0 saturated heterocycles. The van der Waals surface area contributed by atoms with E-state index in [0.717, 1.165) is 19.3 Å². The van der Waals surface area contributed by atoms with E-state index in [9.17, 15) is 9.90 Å². The van der Waals surface area contributed by atoms with Crippen LogP contribution in [0, 0.1) is 16.7 Å². The van der Waals surface area contributed by atoms with Gasteiger partial charge in [0.25, 0.3) is 0 Å². The molecule has 4 atom stereocenters. The van der Waals surface area contributed by atoms with E-state index in [1.54, 1.807) is 0 Å². The average Bonchev–Trinajstić information content (AvgIpc) is 2.71. The highest BCUT2D eigenvalue weighted by Gasteiger charge is 2.69. The van der Waals surface area contributed by atoms with Crippen LogP contribution in [0.3, 0.4) is 0 Å². The fraction of sp³-hybridized carbons (Fsp3) is 0.800. The van der Waals surface area contributed by atoms with Crippen molar-refractivity contribution in [2.75, 3.05) is 0 Å². The first-order chi connectivity index (χ1) is 8.22. The second-order valence-corrected chi connectivity index (χ2v) is 6.85. The van der Waals surface area contributed by atoms with Crippen LogP contribution in [0.15, 0.2) is 12.7 Å². The van der Waals surface area contributed by atoms with Gasteiger partial charge in [-0.3, -0.25) is 0 Å². The van der Waals surface area contributed by atoms with E-state index in [2.05, 4.69) is 34.3 Å². The molecule has 3 nitrogen and oxygen atoms in total. The van der Waals surface area contributed by atoms with Crippen LogP contribution in [0.1, 0.15) is 47.0 Å². The summed E-state index contributed by atoms with van der Waals surface area (Å²) in [7, 11) is 0. The monoisotopic (exact) mass is 252 g/mol. The minimum Gasteiger partial charge on any atom is -0.456 e. The Bertz CT molecular complexity index is 382. The number of fused-ring (bicyclic) bond motifs is 2. The first-order valence-electron chi connectivity index (χ1n) is 6.75. The van der Waals surface area contributed by atoms with Crippen LogP contribution < -0.4 is 0 Å². The molecule has 0 spiro atoms. The Balaban J connectivity index is 2.37. The lowest BCUT2D eigenvalue weighted by Crippen LogP contribution is -2.53. The van der Waals surface area contributed by atoms with Crippen LogP contribution in [-0.4, -0.2) is 22.8 Å².